The van der Waals surface area contributed by atoms with E-state index < -0.39 is 0 Å². The van der Waals surface area contributed by atoms with Crippen LogP contribution in [0.25, 0.3) is 0 Å². The largest absolute Gasteiger partial charge is 0.127 e. The van der Waals surface area contributed by atoms with E-state index in [2.05, 4.69) is 30.4 Å². The molecular formula is C14H14Cl2. The summed E-state index contributed by atoms with van der Waals surface area (Å²) in [5.41, 5.74) is 1.16. The first-order valence-corrected chi connectivity index (χ1v) is 6.35. The van der Waals surface area contributed by atoms with Crippen molar-refractivity contribution in [3.63, 3.8) is 0 Å². The van der Waals surface area contributed by atoms with E-state index in [0.717, 1.165) is 17.9 Å². The third kappa shape index (κ3) is 2.18. The Balaban J connectivity index is 2.44. The smallest absolute Gasteiger partial charge is 0.0446 e. The second-order valence-electron chi connectivity index (χ2n) is 4.07. The summed E-state index contributed by atoms with van der Waals surface area (Å²) in [5.74, 6) is 0.642. The molecule has 1 aromatic rings. The number of rotatable bonds is 3. The summed E-state index contributed by atoms with van der Waals surface area (Å²) in [6, 6.07) is 8.03. The van der Waals surface area contributed by atoms with Crippen molar-refractivity contribution in [1.82, 2.24) is 0 Å². The van der Waals surface area contributed by atoms with Crippen molar-refractivity contribution < 1.29 is 0 Å². The maximum Gasteiger partial charge on any atom is 0.0446 e. The Kier molecular flexibility index (Phi) is 3.73. The molecule has 2 heteroatoms. The maximum absolute atomic E-state index is 6.28. The average Bonchev–Trinajstić information content (AvgIpc) is 2.31. The summed E-state index contributed by atoms with van der Waals surface area (Å²) in [7, 11) is 0. The highest BCUT2D eigenvalue weighted by molar-refractivity contribution is 6.31. The fourth-order valence-electron chi connectivity index (χ4n) is 2.22. The van der Waals surface area contributed by atoms with Crippen molar-refractivity contribution in [2.45, 2.75) is 18.3 Å². The van der Waals surface area contributed by atoms with E-state index in [1.165, 1.54) is 5.56 Å². The fraction of sp³-hybridized carbons (Fsp3) is 0.286. The first-order chi connectivity index (χ1) is 7.78. The van der Waals surface area contributed by atoms with Gasteiger partial charge in [0.15, 0.2) is 0 Å². The topological polar surface area (TPSA) is 0 Å². The molecule has 1 unspecified atom stereocenters. The number of hydrogen-bond donors (Lipinski definition) is 0. The molecule has 0 fully saturated rings. The van der Waals surface area contributed by atoms with Gasteiger partial charge in [0.05, 0.1) is 0 Å². The molecule has 0 amide bonds. The molecule has 0 saturated heterocycles. The first kappa shape index (κ1) is 11.8. The molecule has 0 bridgehead atoms. The minimum Gasteiger partial charge on any atom is -0.127 e. The summed E-state index contributed by atoms with van der Waals surface area (Å²) in [6.45, 7) is 0. The van der Waals surface area contributed by atoms with E-state index in [-0.39, 0.29) is 5.41 Å². The van der Waals surface area contributed by atoms with Crippen LogP contribution in [0.5, 0.6) is 0 Å². The van der Waals surface area contributed by atoms with Gasteiger partial charge in [0, 0.05) is 16.3 Å². The molecule has 1 atom stereocenters. The summed E-state index contributed by atoms with van der Waals surface area (Å²) < 4.78 is 0. The lowest BCUT2D eigenvalue weighted by Gasteiger charge is -2.32. The van der Waals surface area contributed by atoms with Crippen LogP contribution in [0.1, 0.15) is 18.4 Å². The molecule has 2 rings (SSSR count). The van der Waals surface area contributed by atoms with Crippen LogP contribution in [0.4, 0.5) is 0 Å². The summed E-state index contributed by atoms with van der Waals surface area (Å²) in [4.78, 5) is 0. The second kappa shape index (κ2) is 5.07. The Morgan fingerprint density at radius 1 is 1.19 bits per heavy atom. The molecule has 84 valence electrons. The third-order valence-corrected chi connectivity index (χ3v) is 3.61. The molecule has 0 saturated carbocycles. The van der Waals surface area contributed by atoms with Gasteiger partial charge in [0.2, 0.25) is 0 Å². The van der Waals surface area contributed by atoms with Crippen LogP contribution < -0.4 is 0 Å². The highest BCUT2D eigenvalue weighted by Gasteiger charge is 2.30. The Hall–Kier alpha value is -0.720. The standard InChI is InChI=1S/C14H14Cl2/c15-11-10-14(8-4-1-5-9-14)12-6-2-3-7-13(12)16/h1-8H,9-11H2. The Labute approximate surface area is 107 Å². The van der Waals surface area contributed by atoms with Crippen LogP contribution in [-0.4, -0.2) is 5.88 Å². The summed E-state index contributed by atoms with van der Waals surface area (Å²) in [6.07, 6.45) is 10.4. The van der Waals surface area contributed by atoms with Crippen molar-refractivity contribution in [3.05, 3.63) is 59.2 Å². The van der Waals surface area contributed by atoms with Gasteiger partial charge in [-0.1, -0.05) is 54.1 Å². The predicted molar refractivity (Wildman–Crippen MR) is 71.4 cm³/mol. The molecule has 1 aliphatic rings. The number of hydrogen-bond acceptors (Lipinski definition) is 0. The predicted octanol–water partition coefficient (Wildman–Crippen LogP) is 4.72. The van der Waals surface area contributed by atoms with Gasteiger partial charge in [-0.3, -0.25) is 0 Å². The van der Waals surface area contributed by atoms with Gasteiger partial charge in [0.25, 0.3) is 0 Å². The van der Waals surface area contributed by atoms with Crippen LogP contribution in [0, 0.1) is 0 Å². The van der Waals surface area contributed by atoms with E-state index in [0.29, 0.717) is 5.88 Å². The van der Waals surface area contributed by atoms with Crippen LogP contribution in [-0.2, 0) is 5.41 Å². The van der Waals surface area contributed by atoms with Crippen molar-refractivity contribution in [3.8, 4) is 0 Å². The third-order valence-electron chi connectivity index (χ3n) is 3.10. The number of alkyl halides is 1. The SMILES string of the molecule is ClCCC1(c2ccccc2Cl)C=CC=CC1. The molecule has 1 aromatic carbocycles. The normalized spacial score (nSPS) is 23.6. The van der Waals surface area contributed by atoms with E-state index in [9.17, 15) is 0 Å². The highest BCUT2D eigenvalue weighted by Crippen LogP contribution is 2.39. The van der Waals surface area contributed by atoms with Gasteiger partial charge < -0.3 is 0 Å². The zero-order chi connectivity index (χ0) is 11.4. The number of benzene rings is 1. The summed E-state index contributed by atoms with van der Waals surface area (Å²) in [5, 5.41) is 0.826. The van der Waals surface area contributed by atoms with Crippen molar-refractivity contribution in [1.29, 1.82) is 0 Å². The van der Waals surface area contributed by atoms with Gasteiger partial charge in [-0.15, -0.1) is 11.6 Å². The summed E-state index contributed by atoms with van der Waals surface area (Å²) >= 11 is 12.2. The van der Waals surface area contributed by atoms with Gasteiger partial charge in [0.1, 0.15) is 0 Å². The minimum atomic E-state index is -0.0190. The van der Waals surface area contributed by atoms with E-state index in [1.807, 2.05) is 18.2 Å². The molecule has 0 aromatic heterocycles. The van der Waals surface area contributed by atoms with E-state index in [4.69, 9.17) is 23.2 Å². The maximum atomic E-state index is 6.28. The minimum absolute atomic E-state index is 0.0190. The van der Waals surface area contributed by atoms with Crippen molar-refractivity contribution in [2.24, 2.45) is 0 Å². The lowest BCUT2D eigenvalue weighted by molar-refractivity contribution is 0.521. The average molecular weight is 253 g/mol. The molecule has 0 radical (unpaired) electrons. The molecule has 0 nitrogen and oxygen atoms in total. The van der Waals surface area contributed by atoms with Crippen molar-refractivity contribution in [2.75, 3.05) is 5.88 Å². The Morgan fingerprint density at radius 2 is 2.00 bits per heavy atom. The van der Waals surface area contributed by atoms with Crippen LogP contribution >= 0.6 is 23.2 Å². The van der Waals surface area contributed by atoms with Gasteiger partial charge in [-0.25, -0.2) is 0 Å². The monoisotopic (exact) mass is 252 g/mol. The number of allylic oxidation sites excluding steroid dienone is 4. The Morgan fingerprint density at radius 3 is 2.62 bits per heavy atom. The van der Waals surface area contributed by atoms with Gasteiger partial charge >= 0.3 is 0 Å². The lowest BCUT2D eigenvalue weighted by Crippen LogP contribution is -2.25. The number of halogens is 2. The van der Waals surface area contributed by atoms with Crippen molar-refractivity contribution >= 4 is 23.2 Å². The zero-order valence-corrected chi connectivity index (χ0v) is 10.5. The van der Waals surface area contributed by atoms with Crippen LogP contribution in [0.15, 0.2) is 48.6 Å². The van der Waals surface area contributed by atoms with Crippen LogP contribution in [0.3, 0.4) is 0 Å². The molecule has 16 heavy (non-hydrogen) atoms. The molecule has 0 aliphatic heterocycles. The first-order valence-electron chi connectivity index (χ1n) is 5.44. The van der Waals surface area contributed by atoms with Gasteiger partial charge in [-0.2, -0.15) is 0 Å². The van der Waals surface area contributed by atoms with E-state index >= 15 is 0 Å². The quantitative estimate of drug-likeness (QED) is 0.683. The Bertz CT molecular complexity index is 420. The van der Waals surface area contributed by atoms with Crippen LogP contribution in [0.2, 0.25) is 5.02 Å². The molecule has 1 aliphatic carbocycles. The second-order valence-corrected chi connectivity index (χ2v) is 4.85. The fourth-order valence-corrected chi connectivity index (χ4v) is 2.88. The molecule has 0 heterocycles. The van der Waals surface area contributed by atoms with E-state index in [1.54, 1.807) is 0 Å². The molecule has 0 spiro atoms. The highest BCUT2D eigenvalue weighted by atomic mass is 35.5. The molecule has 0 N–H and O–H groups in total. The molecular weight excluding hydrogens is 239 g/mol. The van der Waals surface area contributed by atoms with Gasteiger partial charge in [-0.05, 0) is 24.5 Å². The zero-order valence-electron chi connectivity index (χ0n) is 9.00. The lowest BCUT2D eigenvalue weighted by atomic mass is 9.73.